The first kappa shape index (κ1) is 47.7. The first-order valence-electron chi connectivity index (χ1n) is 22.4. The van der Waals surface area contributed by atoms with Crippen LogP contribution in [0.2, 0.25) is 0 Å². The van der Waals surface area contributed by atoms with Gasteiger partial charge in [-0.05, 0) is 181 Å². The van der Waals surface area contributed by atoms with Crippen LogP contribution in [0.25, 0.3) is 31.3 Å². The maximum Gasteiger partial charge on any atom is 0.407 e. The van der Waals surface area contributed by atoms with E-state index in [0.717, 1.165) is 77.3 Å². The minimum absolute atomic E-state index is 0.00419. The molecule has 4 aliphatic rings. The Morgan fingerprint density at radius 2 is 1.40 bits per heavy atom. The molecule has 4 aliphatic carbocycles. The van der Waals surface area contributed by atoms with Gasteiger partial charge in [0, 0.05) is 66.1 Å². The lowest BCUT2D eigenvalue weighted by Crippen LogP contribution is -2.63. The van der Waals surface area contributed by atoms with Gasteiger partial charge in [0.1, 0.15) is 5.60 Å². The molecule has 16 nitrogen and oxygen atoms in total. The molecule has 0 aromatic carbocycles. The van der Waals surface area contributed by atoms with Gasteiger partial charge in [-0.15, -0.1) is 0 Å². The van der Waals surface area contributed by atoms with E-state index in [1.54, 1.807) is 0 Å². The lowest BCUT2D eigenvalue weighted by molar-refractivity contribution is -0.227. The van der Waals surface area contributed by atoms with Crippen molar-refractivity contribution in [3.05, 3.63) is 31.3 Å². The molecule has 0 spiro atoms. The van der Waals surface area contributed by atoms with E-state index in [2.05, 4.69) is 61.5 Å². The summed E-state index contributed by atoms with van der Waals surface area (Å²) < 4.78 is 25.7. The van der Waals surface area contributed by atoms with Crippen LogP contribution in [0.3, 0.4) is 0 Å². The monoisotopic (exact) mass is 814 g/mol. The number of alkyl carbamates (subject to hydrolysis) is 1. The highest BCUT2D eigenvalue weighted by Gasteiger charge is 2.66. The number of unbranched alkanes of at least 4 members (excludes halogenated alkanes) is 1. The number of amides is 1. The third kappa shape index (κ3) is 13.3. The Hall–Kier alpha value is -2.96. The van der Waals surface area contributed by atoms with Crippen molar-refractivity contribution in [3.8, 4) is 0 Å². The van der Waals surface area contributed by atoms with Gasteiger partial charge in [-0.1, -0.05) is 36.1 Å². The van der Waals surface area contributed by atoms with Gasteiger partial charge in [0.25, 0.3) is 0 Å². The second kappa shape index (κ2) is 23.7. The first-order chi connectivity index (χ1) is 27.9. The number of nitrogens with zero attached hydrogens (tertiary/aromatic N) is 9. The molecular weight excluding hydrogens is 739 g/mol. The molecule has 0 bridgehead atoms. The van der Waals surface area contributed by atoms with Crippen molar-refractivity contribution in [2.75, 3.05) is 59.1 Å². The predicted molar refractivity (Wildman–Crippen MR) is 226 cm³/mol. The molecule has 328 valence electrons. The number of rotatable bonds is 25. The summed E-state index contributed by atoms with van der Waals surface area (Å²) in [5.74, 6) is 2.90. The average molecular weight is 814 g/mol. The fourth-order valence-corrected chi connectivity index (χ4v) is 11.6. The van der Waals surface area contributed by atoms with E-state index in [9.17, 15) is 4.79 Å². The Labute approximate surface area is 347 Å². The number of fused-ring (bicyclic) bond motifs is 5. The molecule has 4 rings (SSSR count). The van der Waals surface area contributed by atoms with Gasteiger partial charge in [-0.3, -0.25) is 0 Å². The van der Waals surface area contributed by atoms with Crippen LogP contribution in [0.4, 0.5) is 4.79 Å². The Bertz CT molecular complexity index is 1410. The molecule has 0 aromatic heterocycles. The number of carbonyl (C=O) groups is 1. The zero-order valence-electron chi connectivity index (χ0n) is 36.5. The maximum absolute atomic E-state index is 11.9. The van der Waals surface area contributed by atoms with E-state index in [-0.39, 0.29) is 35.2 Å². The highest BCUT2D eigenvalue weighted by atomic mass is 16.6. The molecule has 58 heavy (non-hydrogen) atoms. The molecule has 11 atom stereocenters. The first-order valence-corrected chi connectivity index (χ1v) is 22.4. The second-order valence-electron chi connectivity index (χ2n) is 19.0. The standard InChI is InChI=1S/C42H75N11O5/c1-30(13-9-19-46-18-7-8-20-47-39(54)58-40(2,3)4)33-14-15-34-38-35(29-37(42(33,34)6)57-26-12-23-50-53-45)41(5)17-16-32(55-24-10-21-48-51-43)27-31(41)28-36(38)56-25-11-22-49-52-44/h30-38,46H,7-29H2,1-6H3,(H,47,54)/t30-,31?,32?,33?,34+,35+,36-,37+,38?,41+,42-/m1/s1. The third-order valence-corrected chi connectivity index (χ3v) is 14.3. The number of hydrogen-bond donors (Lipinski definition) is 2. The van der Waals surface area contributed by atoms with Gasteiger partial charge in [0.15, 0.2) is 0 Å². The van der Waals surface area contributed by atoms with E-state index in [0.29, 0.717) is 94.3 Å². The summed E-state index contributed by atoms with van der Waals surface area (Å²) in [7, 11) is 0. The Kier molecular flexibility index (Phi) is 19.5. The van der Waals surface area contributed by atoms with Crippen molar-refractivity contribution >= 4 is 6.09 Å². The smallest absolute Gasteiger partial charge is 0.407 e. The summed E-state index contributed by atoms with van der Waals surface area (Å²) in [6.45, 7) is 18.8. The van der Waals surface area contributed by atoms with E-state index in [1.165, 1.54) is 12.8 Å². The molecule has 2 N–H and O–H groups in total. The lowest BCUT2D eigenvalue weighted by atomic mass is 9.43. The van der Waals surface area contributed by atoms with Gasteiger partial charge in [-0.25, -0.2) is 4.79 Å². The maximum atomic E-state index is 11.9. The third-order valence-electron chi connectivity index (χ3n) is 14.3. The summed E-state index contributed by atoms with van der Waals surface area (Å²) in [5, 5.41) is 17.7. The Morgan fingerprint density at radius 3 is 2.05 bits per heavy atom. The van der Waals surface area contributed by atoms with E-state index in [4.69, 9.17) is 35.5 Å². The molecule has 0 aliphatic heterocycles. The molecule has 0 heterocycles. The van der Waals surface area contributed by atoms with Gasteiger partial charge in [0.2, 0.25) is 0 Å². The molecule has 0 aromatic rings. The van der Waals surface area contributed by atoms with Crippen LogP contribution in [0.1, 0.15) is 131 Å². The fourth-order valence-electron chi connectivity index (χ4n) is 11.6. The lowest BCUT2D eigenvalue weighted by Gasteiger charge is -2.65. The number of carbonyl (C=O) groups excluding carboxylic acids is 1. The summed E-state index contributed by atoms with van der Waals surface area (Å²) >= 11 is 0. The largest absolute Gasteiger partial charge is 0.444 e. The molecule has 0 radical (unpaired) electrons. The zero-order chi connectivity index (χ0) is 42.0. The van der Waals surface area contributed by atoms with Crippen molar-refractivity contribution < 1.29 is 23.7 Å². The minimum atomic E-state index is -0.487. The molecule has 4 fully saturated rings. The topological polar surface area (TPSA) is 224 Å². The highest BCUT2D eigenvalue weighted by Crippen LogP contribution is 2.69. The summed E-state index contributed by atoms with van der Waals surface area (Å²) in [6, 6.07) is 0. The number of azide groups is 3. The summed E-state index contributed by atoms with van der Waals surface area (Å²) in [6.07, 6.45) is 14.0. The summed E-state index contributed by atoms with van der Waals surface area (Å²) in [5.41, 5.74) is 26.1. The van der Waals surface area contributed by atoms with Crippen LogP contribution >= 0.6 is 0 Å². The zero-order valence-corrected chi connectivity index (χ0v) is 36.5. The van der Waals surface area contributed by atoms with Gasteiger partial charge < -0.3 is 29.6 Å². The molecule has 1 amide bonds. The minimum Gasteiger partial charge on any atom is -0.444 e. The second-order valence-corrected chi connectivity index (χ2v) is 19.0. The highest BCUT2D eigenvalue weighted by molar-refractivity contribution is 5.67. The van der Waals surface area contributed by atoms with E-state index in [1.807, 2.05) is 20.8 Å². The van der Waals surface area contributed by atoms with Gasteiger partial charge in [-0.2, -0.15) is 0 Å². The van der Waals surface area contributed by atoms with Crippen LogP contribution in [0.5, 0.6) is 0 Å². The predicted octanol–water partition coefficient (Wildman–Crippen LogP) is 10.4. The van der Waals surface area contributed by atoms with Crippen molar-refractivity contribution in [1.29, 1.82) is 0 Å². The number of nitrogens with one attached hydrogen (secondary N) is 2. The van der Waals surface area contributed by atoms with Crippen molar-refractivity contribution in [3.63, 3.8) is 0 Å². The quantitative estimate of drug-likeness (QED) is 0.0394. The number of ether oxygens (including phenoxy) is 4. The van der Waals surface area contributed by atoms with Crippen molar-refractivity contribution in [2.45, 2.75) is 155 Å². The molecule has 4 saturated carbocycles. The van der Waals surface area contributed by atoms with Gasteiger partial charge >= 0.3 is 6.09 Å². The van der Waals surface area contributed by atoms with Crippen LogP contribution in [0.15, 0.2) is 15.3 Å². The number of hydrogen-bond acceptors (Lipinski definition) is 9. The van der Waals surface area contributed by atoms with Crippen LogP contribution < -0.4 is 10.6 Å². The summed E-state index contributed by atoms with van der Waals surface area (Å²) in [4.78, 5) is 20.7. The average Bonchev–Trinajstić information content (AvgIpc) is 3.54. The van der Waals surface area contributed by atoms with Gasteiger partial charge in [0.05, 0.1) is 18.3 Å². The fraction of sp³-hybridized carbons (Fsp3) is 0.976. The van der Waals surface area contributed by atoms with Crippen LogP contribution in [0, 0.1) is 46.3 Å². The normalized spacial score (nSPS) is 32.0. The molecular formula is C42H75N11O5. The molecule has 16 heteroatoms. The molecule has 4 unspecified atom stereocenters. The Balaban J connectivity index is 1.44. The van der Waals surface area contributed by atoms with Crippen molar-refractivity contribution in [1.82, 2.24) is 10.6 Å². The Morgan fingerprint density at radius 1 is 0.776 bits per heavy atom. The van der Waals surface area contributed by atoms with E-state index >= 15 is 0 Å². The molecule has 0 saturated heterocycles. The van der Waals surface area contributed by atoms with Crippen LogP contribution in [-0.4, -0.2) is 89.1 Å². The SMILES string of the molecule is C[C@H](CCCNCCCCNC(=O)OC(C)(C)C)C1CC[C@H]2C3[C@H](OCCCN=[N+]=[N-])CC4CC(OCCCN=[N+]=[N-])CC[C@]4(C)[C@H]3C[C@H](OCCCN=[N+]=[N-])[C@]12C. The van der Waals surface area contributed by atoms with E-state index < -0.39 is 5.60 Å². The van der Waals surface area contributed by atoms with Crippen molar-refractivity contribution in [2.24, 2.45) is 61.7 Å². The van der Waals surface area contributed by atoms with Crippen LogP contribution in [-0.2, 0) is 18.9 Å².